The van der Waals surface area contributed by atoms with E-state index in [1.807, 2.05) is 53.3 Å². The molecule has 0 unspecified atom stereocenters. The van der Waals surface area contributed by atoms with E-state index in [0.717, 1.165) is 16.0 Å². The molecule has 1 aliphatic rings. The van der Waals surface area contributed by atoms with Crippen LogP contribution in [0.15, 0.2) is 91.0 Å². The molecule has 1 fully saturated rings. The number of benzene rings is 2. The van der Waals surface area contributed by atoms with Crippen molar-refractivity contribution in [2.24, 2.45) is 0 Å². The third kappa shape index (κ3) is 4.16. The second kappa shape index (κ2) is 8.76. The average molecular weight is 456 g/mol. The van der Waals surface area contributed by atoms with Gasteiger partial charge >= 0.3 is 0 Å². The summed E-state index contributed by atoms with van der Waals surface area (Å²) in [6.07, 6.45) is 6.96. The Morgan fingerprint density at radius 1 is 1.03 bits per heavy atom. The molecule has 3 heterocycles. The molecule has 0 atom stereocenters. The fraction of sp³-hybridized carbons (Fsp3) is 0.0400. The molecular weight excluding hydrogens is 437 g/mol. The van der Waals surface area contributed by atoms with Crippen LogP contribution in [0.5, 0.6) is 0 Å². The van der Waals surface area contributed by atoms with Crippen molar-refractivity contribution >= 4 is 35.0 Å². The Labute approximate surface area is 195 Å². The maximum atomic E-state index is 14.3. The zero-order chi connectivity index (χ0) is 22.8. The summed E-state index contributed by atoms with van der Waals surface area (Å²) in [5.41, 5.74) is 3.65. The van der Waals surface area contributed by atoms with Crippen molar-refractivity contribution in [3.8, 4) is 11.3 Å². The number of hydrogen-bond donors (Lipinski definition) is 1. The van der Waals surface area contributed by atoms with Gasteiger partial charge in [0, 0.05) is 29.7 Å². The van der Waals surface area contributed by atoms with Crippen molar-refractivity contribution < 1.29 is 9.18 Å². The smallest absolute Gasteiger partial charge is 0.281 e. The van der Waals surface area contributed by atoms with E-state index in [4.69, 9.17) is 17.3 Å². The van der Waals surface area contributed by atoms with Crippen LogP contribution >= 0.6 is 12.2 Å². The first-order valence-electron chi connectivity index (χ1n) is 10.2. The minimum absolute atomic E-state index is 0.107. The minimum Gasteiger partial charge on any atom is -0.327 e. The molecule has 0 bridgehead atoms. The van der Waals surface area contributed by atoms with Crippen LogP contribution in [0.3, 0.4) is 0 Å². The minimum atomic E-state index is -0.525. The molecule has 33 heavy (non-hydrogen) atoms. The van der Waals surface area contributed by atoms with Crippen LogP contribution in [-0.4, -0.2) is 25.8 Å². The van der Waals surface area contributed by atoms with E-state index >= 15 is 0 Å². The zero-order valence-corrected chi connectivity index (χ0v) is 18.2. The molecule has 2 aromatic carbocycles. The predicted molar refractivity (Wildman–Crippen MR) is 129 cm³/mol. The summed E-state index contributed by atoms with van der Waals surface area (Å²) in [5, 5.41) is 7.78. The molecule has 162 valence electrons. The molecule has 0 saturated carbocycles. The number of aromatic nitrogens is 3. The molecule has 0 aliphatic carbocycles. The number of amides is 1. The molecule has 6 nitrogen and oxygen atoms in total. The number of para-hydroxylation sites is 1. The molecule has 4 aromatic rings. The van der Waals surface area contributed by atoms with Crippen molar-refractivity contribution in [2.45, 2.75) is 6.54 Å². The van der Waals surface area contributed by atoms with Gasteiger partial charge in [-0.3, -0.25) is 14.5 Å². The molecule has 1 aliphatic heterocycles. The number of hydrogen-bond acceptors (Lipinski definition) is 4. The summed E-state index contributed by atoms with van der Waals surface area (Å²) < 4.78 is 16.1. The second-order valence-electron chi connectivity index (χ2n) is 7.44. The molecule has 1 N–H and O–H groups in total. The van der Waals surface area contributed by atoms with E-state index in [-0.39, 0.29) is 16.5 Å². The van der Waals surface area contributed by atoms with Crippen molar-refractivity contribution in [1.82, 2.24) is 20.1 Å². The van der Waals surface area contributed by atoms with Gasteiger partial charge in [-0.25, -0.2) is 9.29 Å². The first-order valence-corrected chi connectivity index (χ1v) is 10.6. The van der Waals surface area contributed by atoms with Crippen molar-refractivity contribution in [3.05, 3.63) is 108 Å². The van der Waals surface area contributed by atoms with E-state index in [1.54, 1.807) is 30.6 Å². The van der Waals surface area contributed by atoms with Gasteiger partial charge in [0.25, 0.3) is 5.91 Å². The van der Waals surface area contributed by atoms with Crippen LogP contribution in [0.1, 0.15) is 11.1 Å². The summed E-state index contributed by atoms with van der Waals surface area (Å²) in [4.78, 5) is 18.5. The number of thiocarbonyl (C=S) groups is 1. The first kappa shape index (κ1) is 20.7. The molecular formula is C25H18FN5OS. The van der Waals surface area contributed by atoms with Crippen LogP contribution in [-0.2, 0) is 11.3 Å². The predicted octanol–water partition coefficient (Wildman–Crippen LogP) is 4.39. The molecule has 8 heteroatoms. The Morgan fingerprint density at radius 3 is 2.58 bits per heavy atom. The number of pyridine rings is 1. The zero-order valence-electron chi connectivity index (χ0n) is 17.4. The van der Waals surface area contributed by atoms with Crippen LogP contribution in [0.2, 0.25) is 0 Å². The highest BCUT2D eigenvalue weighted by molar-refractivity contribution is 7.80. The standard InChI is InChI=1S/C25H18FN5OS/c26-20-10-4-5-11-22(20)31-24(32)21(28-25(31)33)13-19-16-30(15-17-7-2-1-3-8-17)29-23(19)18-9-6-12-27-14-18/h1-14,16H,15H2,(H,28,33)/b21-13+. The summed E-state index contributed by atoms with van der Waals surface area (Å²) >= 11 is 5.33. The lowest BCUT2D eigenvalue weighted by molar-refractivity contribution is -0.113. The normalized spacial score (nSPS) is 14.7. The topological polar surface area (TPSA) is 63.1 Å². The summed E-state index contributed by atoms with van der Waals surface area (Å²) in [6, 6.07) is 19.7. The molecule has 2 aromatic heterocycles. The number of rotatable bonds is 5. The van der Waals surface area contributed by atoms with Crippen LogP contribution in [0.4, 0.5) is 10.1 Å². The quantitative estimate of drug-likeness (QED) is 0.357. The van der Waals surface area contributed by atoms with Gasteiger partial charge in [0.2, 0.25) is 0 Å². The molecule has 1 amide bonds. The summed E-state index contributed by atoms with van der Waals surface area (Å²) in [6.45, 7) is 0.568. The van der Waals surface area contributed by atoms with Crippen molar-refractivity contribution in [2.75, 3.05) is 4.90 Å². The lowest BCUT2D eigenvalue weighted by Gasteiger charge is -2.14. The van der Waals surface area contributed by atoms with Gasteiger partial charge in [-0.1, -0.05) is 42.5 Å². The monoisotopic (exact) mass is 455 g/mol. The van der Waals surface area contributed by atoms with E-state index in [9.17, 15) is 9.18 Å². The van der Waals surface area contributed by atoms with Crippen LogP contribution in [0.25, 0.3) is 17.3 Å². The highest BCUT2D eigenvalue weighted by Gasteiger charge is 2.33. The Balaban J connectivity index is 1.53. The Bertz CT molecular complexity index is 1370. The fourth-order valence-corrected chi connectivity index (χ4v) is 3.95. The maximum Gasteiger partial charge on any atom is 0.281 e. The summed E-state index contributed by atoms with van der Waals surface area (Å²) in [5.74, 6) is -0.957. The largest absolute Gasteiger partial charge is 0.327 e. The number of carbonyl (C=O) groups excluding carboxylic acids is 1. The Morgan fingerprint density at radius 2 is 1.82 bits per heavy atom. The number of halogens is 1. The van der Waals surface area contributed by atoms with Gasteiger partial charge in [-0.05, 0) is 48.1 Å². The number of anilines is 1. The second-order valence-corrected chi connectivity index (χ2v) is 7.82. The van der Waals surface area contributed by atoms with Crippen LogP contribution < -0.4 is 10.2 Å². The van der Waals surface area contributed by atoms with E-state index < -0.39 is 11.7 Å². The molecule has 5 rings (SSSR count). The van der Waals surface area contributed by atoms with Gasteiger partial charge in [0.15, 0.2) is 5.11 Å². The van der Waals surface area contributed by atoms with Crippen LogP contribution in [0, 0.1) is 5.82 Å². The first-order chi connectivity index (χ1) is 16.1. The lowest BCUT2D eigenvalue weighted by atomic mass is 10.1. The average Bonchev–Trinajstić information content (AvgIpc) is 3.35. The van der Waals surface area contributed by atoms with Gasteiger partial charge in [0.1, 0.15) is 17.2 Å². The summed E-state index contributed by atoms with van der Waals surface area (Å²) in [7, 11) is 0. The van der Waals surface area contributed by atoms with Gasteiger partial charge in [0.05, 0.1) is 12.2 Å². The van der Waals surface area contributed by atoms with Gasteiger partial charge in [-0.15, -0.1) is 0 Å². The lowest BCUT2D eigenvalue weighted by Crippen LogP contribution is -2.31. The Hall–Kier alpha value is -4.17. The van der Waals surface area contributed by atoms with E-state index in [2.05, 4.69) is 10.3 Å². The third-order valence-electron chi connectivity index (χ3n) is 5.18. The number of nitrogens with zero attached hydrogens (tertiary/aromatic N) is 4. The Kier molecular flexibility index (Phi) is 5.50. The number of carbonyl (C=O) groups is 1. The fourth-order valence-electron chi connectivity index (χ4n) is 3.66. The third-order valence-corrected chi connectivity index (χ3v) is 5.47. The van der Waals surface area contributed by atoms with Crippen molar-refractivity contribution in [3.63, 3.8) is 0 Å². The molecule has 0 radical (unpaired) electrons. The SMILES string of the molecule is O=C1/C(=C\c2cn(Cc3ccccc3)nc2-c2cccnc2)NC(=S)N1c1ccccc1F. The van der Waals surface area contributed by atoms with E-state index in [0.29, 0.717) is 17.8 Å². The van der Waals surface area contributed by atoms with Crippen molar-refractivity contribution in [1.29, 1.82) is 0 Å². The molecule has 0 spiro atoms. The highest BCUT2D eigenvalue weighted by Crippen LogP contribution is 2.28. The highest BCUT2D eigenvalue weighted by atomic mass is 32.1. The van der Waals surface area contributed by atoms with E-state index in [1.165, 1.54) is 12.1 Å². The maximum absolute atomic E-state index is 14.3. The number of nitrogens with one attached hydrogen (secondary N) is 1. The molecule has 1 saturated heterocycles. The van der Waals surface area contributed by atoms with Gasteiger partial charge in [-0.2, -0.15) is 5.10 Å². The van der Waals surface area contributed by atoms with Gasteiger partial charge < -0.3 is 5.32 Å².